The second kappa shape index (κ2) is 7.53. The van der Waals surface area contributed by atoms with Crippen molar-refractivity contribution in [3.8, 4) is 0 Å². The van der Waals surface area contributed by atoms with Crippen LogP contribution in [0.5, 0.6) is 0 Å². The van der Waals surface area contributed by atoms with Crippen LogP contribution in [0.3, 0.4) is 0 Å². The average molecular weight is 396 g/mol. The van der Waals surface area contributed by atoms with Crippen molar-refractivity contribution in [2.45, 2.75) is 4.90 Å². The molecule has 3 rings (SSSR count). The quantitative estimate of drug-likeness (QED) is 0.820. The Balaban J connectivity index is 1.93. The number of halogens is 1. The van der Waals surface area contributed by atoms with Gasteiger partial charge in [-0.3, -0.25) is 4.72 Å². The monoisotopic (exact) mass is 395 g/mol. The van der Waals surface area contributed by atoms with Gasteiger partial charge in [0.1, 0.15) is 0 Å². The Hall–Kier alpha value is -2.29. The van der Waals surface area contributed by atoms with Crippen LogP contribution in [-0.2, 0) is 14.8 Å². The summed E-state index contributed by atoms with van der Waals surface area (Å²) in [5.41, 5.74) is 0.561. The first-order chi connectivity index (χ1) is 12.4. The number of aromatic carboxylic acids is 1. The lowest BCUT2D eigenvalue weighted by atomic mass is 10.1. The van der Waals surface area contributed by atoms with Crippen molar-refractivity contribution in [2.24, 2.45) is 0 Å². The minimum absolute atomic E-state index is 0.163. The Labute approximate surface area is 156 Å². The van der Waals surface area contributed by atoms with Crippen LogP contribution in [0, 0.1) is 0 Å². The molecule has 7 nitrogen and oxygen atoms in total. The maximum Gasteiger partial charge on any atom is 0.261 e. The number of nitrogens with one attached hydrogen (secondary N) is 1. The molecule has 0 spiro atoms. The van der Waals surface area contributed by atoms with E-state index in [1.807, 2.05) is 4.90 Å². The van der Waals surface area contributed by atoms with Crippen molar-refractivity contribution in [1.82, 2.24) is 0 Å². The first-order valence-corrected chi connectivity index (χ1v) is 9.69. The minimum atomic E-state index is -3.96. The van der Waals surface area contributed by atoms with Gasteiger partial charge < -0.3 is 19.5 Å². The number of anilines is 2. The fourth-order valence-electron chi connectivity index (χ4n) is 2.66. The number of benzene rings is 2. The molecule has 1 aliphatic rings. The number of carbonyl (C=O) groups excluding carboxylic acids is 1. The molecule has 1 saturated heterocycles. The van der Waals surface area contributed by atoms with E-state index in [-0.39, 0.29) is 10.5 Å². The van der Waals surface area contributed by atoms with Crippen LogP contribution in [0.25, 0.3) is 0 Å². The summed E-state index contributed by atoms with van der Waals surface area (Å²) in [6.45, 7) is 2.00. The predicted molar refractivity (Wildman–Crippen MR) is 96.1 cm³/mol. The third kappa shape index (κ3) is 4.09. The lowest BCUT2D eigenvalue weighted by Crippen LogP contribution is -2.38. The number of nitrogens with zero attached hydrogens (tertiary/aromatic N) is 1. The van der Waals surface area contributed by atoms with E-state index in [9.17, 15) is 18.3 Å². The van der Waals surface area contributed by atoms with Crippen LogP contribution in [0.1, 0.15) is 10.4 Å². The third-order valence-corrected chi connectivity index (χ3v) is 5.58. The number of hydrogen-bond acceptors (Lipinski definition) is 6. The number of sulfonamides is 1. The molecular weight excluding hydrogens is 380 g/mol. The summed E-state index contributed by atoms with van der Waals surface area (Å²) in [6.07, 6.45) is 0. The van der Waals surface area contributed by atoms with Crippen LogP contribution in [0.4, 0.5) is 11.4 Å². The van der Waals surface area contributed by atoms with E-state index in [4.69, 9.17) is 16.3 Å². The van der Waals surface area contributed by atoms with E-state index in [0.717, 1.165) is 6.07 Å². The highest BCUT2D eigenvalue weighted by atomic mass is 35.5. The van der Waals surface area contributed by atoms with Gasteiger partial charge in [-0.25, -0.2) is 8.42 Å². The van der Waals surface area contributed by atoms with Gasteiger partial charge in [-0.2, -0.15) is 0 Å². The van der Waals surface area contributed by atoms with Gasteiger partial charge in [0.25, 0.3) is 10.0 Å². The fourth-order valence-corrected chi connectivity index (χ4v) is 3.87. The van der Waals surface area contributed by atoms with Gasteiger partial charge >= 0.3 is 0 Å². The second-order valence-electron chi connectivity index (χ2n) is 5.68. The second-order valence-corrected chi connectivity index (χ2v) is 7.80. The largest absolute Gasteiger partial charge is 0.545 e. The summed E-state index contributed by atoms with van der Waals surface area (Å²) in [5, 5.41) is 12.0. The summed E-state index contributed by atoms with van der Waals surface area (Å²) in [4.78, 5) is 13.2. The SMILES string of the molecule is O=C([O-])c1cc(S(=O)(=O)Nc2ccc(Cl)cc2)ccc1N1CCOCC1. The zero-order valence-corrected chi connectivity index (χ0v) is 15.2. The zero-order chi connectivity index (χ0) is 18.7. The van der Waals surface area contributed by atoms with Crippen molar-refractivity contribution in [2.75, 3.05) is 35.9 Å². The molecule has 0 radical (unpaired) electrons. The summed E-state index contributed by atoms with van der Waals surface area (Å²) < 4.78 is 32.8. The number of ether oxygens (including phenoxy) is 1. The molecule has 1 N–H and O–H groups in total. The van der Waals surface area contributed by atoms with Crippen LogP contribution < -0.4 is 14.7 Å². The number of rotatable bonds is 5. The van der Waals surface area contributed by atoms with Crippen molar-refractivity contribution >= 4 is 39.0 Å². The molecule has 0 unspecified atom stereocenters. The van der Waals surface area contributed by atoms with Gasteiger partial charge in [0.15, 0.2) is 0 Å². The van der Waals surface area contributed by atoms with Gasteiger partial charge in [0.05, 0.1) is 24.1 Å². The molecule has 0 amide bonds. The van der Waals surface area contributed by atoms with Crippen LogP contribution in [0.2, 0.25) is 5.02 Å². The Kier molecular flexibility index (Phi) is 5.36. The summed E-state index contributed by atoms with van der Waals surface area (Å²) >= 11 is 5.78. The van der Waals surface area contributed by atoms with E-state index in [2.05, 4.69) is 4.72 Å². The normalized spacial score (nSPS) is 14.9. The maximum absolute atomic E-state index is 12.6. The zero-order valence-electron chi connectivity index (χ0n) is 13.6. The maximum atomic E-state index is 12.6. The highest BCUT2D eigenvalue weighted by molar-refractivity contribution is 7.92. The lowest BCUT2D eigenvalue weighted by molar-refractivity contribution is -0.255. The number of carboxylic acid groups (broad SMARTS) is 1. The Morgan fingerprint density at radius 3 is 2.38 bits per heavy atom. The van der Waals surface area contributed by atoms with E-state index >= 15 is 0 Å². The summed E-state index contributed by atoms with van der Waals surface area (Å²) in [7, 11) is -3.96. The molecule has 138 valence electrons. The number of morpholine rings is 1. The Morgan fingerprint density at radius 2 is 1.77 bits per heavy atom. The van der Waals surface area contributed by atoms with Gasteiger partial charge in [-0.05, 0) is 42.5 Å². The molecule has 1 fully saturated rings. The number of carboxylic acids is 1. The molecule has 0 atom stereocenters. The van der Waals surface area contributed by atoms with E-state index in [1.54, 1.807) is 12.1 Å². The smallest absolute Gasteiger partial charge is 0.261 e. The highest BCUT2D eigenvalue weighted by Crippen LogP contribution is 2.26. The molecule has 2 aromatic rings. The third-order valence-electron chi connectivity index (χ3n) is 3.95. The highest BCUT2D eigenvalue weighted by Gasteiger charge is 2.20. The van der Waals surface area contributed by atoms with E-state index in [0.29, 0.717) is 42.7 Å². The van der Waals surface area contributed by atoms with Gasteiger partial charge in [0, 0.05) is 35.1 Å². The molecular formula is C17H16ClN2O5S-. The van der Waals surface area contributed by atoms with Crippen molar-refractivity contribution in [1.29, 1.82) is 0 Å². The molecule has 2 aromatic carbocycles. The van der Waals surface area contributed by atoms with E-state index in [1.165, 1.54) is 24.3 Å². The van der Waals surface area contributed by atoms with Crippen LogP contribution >= 0.6 is 11.6 Å². The minimum Gasteiger partial charge on any atom is -0.545 e. The predicted octanol–water partition coefficient (Wildman–Crippen LogP) is 1.34. The molecule has 0 saturated carbocycles. The molecule has 0 aromatic heterocycles. The van der Waals surface area contributed by atoms with Gasteiger partial charge in [0.2, 0.25) is 0 Å². The van der Waals surface area contributed by atoms with Crippen LogP contribution in [0.15, 0.2) is 47.4 Å². The summed E-state index contributed by atoms with van der Waals surface area (Å²) in [6, 6.07) is 10.1. The molecule has 0 bridgehead atoms. The topological polar surface area (TPSA) is 98.8 Å². The fraction of sp³-hybridized carbons (Fsp3) is 0.235. The Bertz CT molecular complexity index is 909. The van der Waals surface area contributed by atoms with Gasteiger partial charge in [-0.15, -0.1) is 0 Å². The lowest BCUT2D eigenvalue weighted by Gasteiger charge is -2.31. The first-order valence-electron chi connectivity index (χ1n) is 7.83. The molecule has 9 heteroatoms. The number of carbonyl (C=O) groups is 1. The molecule has 1 heterocycles. The Morgan fingerprint density at radius 1 is 1.12 bits per heavy atom. The molecule has 0 aliphatic carbocycles. The number of hydrogen-bond donors (Lipinski definition) is 1. The average Bonchev–Trinajstić information content (AvgIpc) is 2.63. The molecule has 26 heavy (non-hydrogen) atoms. The standard InChI is InChI=1S/C17H17ClN2O5S/c18-12-1-3-13(4-2-12)19-26(23,24)14-5-6-16(15(11-14)17(21)22)20-7-9-25-10-8-20/h1-6,11,19H,7-10H2,(H,21,22)/p-1. The molecule has 1 aliphatic heterocycles. The van der Waals surface area contributed by atoms with Gasteiger partial charge in [-0.1, -0.05) is 11.6 Å². The van der Waals surface area contributed by atoms with Crippen molar-refractivity contribution in [3.63, 3.8) is 0 Å². The first kappa shape index (κ1) is 18.5. The summed E-state index contributed by atoms with van der Waals surface area (Å²) in [5.74, 6) is -1.44. The van der Waals surface area contributed by atoms with Crippen molar-refractivity contribution < 1.29 is 23.1 Å². The van der Waals surface area contributed by atoms with E-state index < -0.39 is 16.0 Å². The van der Waals surface area contributed by atoms with Crippen LogP contribution in [-0.4, -0.2) is 40.7 Å². The van der Waals surface area contributed by atoms with Crippen molar-refractivity contribution in [3.05, 3.63) is 53.1 Å².